The van der Waals surface area contributed by atoms with Gasteiger partial charge in [0.05, 0.1) is 12.7 Å². The first kappa shape index (κ1) is 18.6. The van der Waals surface area contributed by atoms with Gasteiger partial charge in [0, 0.05) is 19.6 Å². The minimum Gasteiger partial charge on any atom is -0.354 e. The molecule has 5 nitrogen and oxygen atoms in total. The number of rotatable bonds is 9. The third-order valence-corrected chi connectivity index (χ3v) is 4.66. The Morgan fingerprint density at radius 2 is 2.00 bits per heavy atom. The van der Waals surface area contributed by atoms with E-state index in [4.69, 9.17) is 0 Å². The van der Waals surface area contributed by atoms with Crippen LogP contribution in [-0.2, 0) is 21.2 Å². The number of aryl methyl sites for hydroxylation is 1. The molecule has 124 valence electrons. The number of hydrogen-bond donors (Lipinski definition) is 1. The van der Waals surface area contributed by atoms with Crippen LogP contribution in [0, 0.1) is 6.92 Å². The Bertz CT molecular complexity index is 585. The first-order valence-electron chi connectivity index (χ1n) is 7.60. The van der Waals surface area contributed by atoms with E-state index in [1.165, 1.54) is 10.6 Å². The fraction of sp³-hybridized carbons (Fsp3) is 0.562. The van der Waals surface area contributed by atoms with E-state index in [2.05, 4.69) is 5.32 Å². The highest BCUT2D eigenvalue weighted by atomic mass is 32.2. The molecule has 0 spiro atoms. The number of hydrogen-bond acceptors (Lipinski definition) is 3. The smallest absolute Gasteiger partial charge is 0.224 e. The summed E-state index contributed by atoms with van der Waals surface area (Å²) in [6.07, 6.45) is 3.28. The second-order valence-corrected chi connectivity index (χ2v) is 7.51. The normalized spacial score (nSPS) is 11.6. The number of nitrogens with one attached hydrogen (secondary N) is 1. The number of carbonyl (C=O) groups is 1. The Morgan fingerprint density at radius 3 is 2.59 bits per heavy atom. The molecular weight excluding hydrogens is 300 g/mol. The monoisotopic (exact) mass is 326 g/mol. The zero-order valence-electron chi connectivity index (χ0n) is 13.6. The second-order valence-electron chi connectivity index (χ2n) is 5.53. The molecule has 22 heavy (non-hydrogen) atoms. The number of benzene rings is 1. The molecule has 6 heteroatoms. The molecule has 1 amide bonds. The molecule has 1 N–H and O–H groups in total. The molecule has 0 atom stereocenters. The zero-order chi connectivity index (χ0) is 16.6. The molecule has 0 saturated carbocycles. The summed E-state index contributed by atoms with van der Waals surface area (Å²) < 4.78 is 24.7. The highest BCUT2D eigenvalue weighted by molar-refractivity contribution is 7.88. The van der Waals surface area contributed by atoms with E-state index in [9.17, 15) is 13.2 Å². The van der Waals surface area contributed by atoms with Crippen molar-refractivity contribution in [3.05, 3.63) is 35.4 Å². The fourth-order valence-corrected chi connectivity index (χ4v) is 3.05. The molecule has 1 aromatic rings. The van der Waals surface area contributed by atoms with Crippen molar-refractivity contribution in [1.29, 1.82) is 0 Å². The third-order valence-electron chi connectivity index (χ3n) is 3.36. The predicted octanol–water partition coefficient (Wildman–Crippen LogP) is 1.72. The largest absolute Gasteiger partial charge is 0.354 e. The maximum atomic E-state index is 11.9. The van der Waals surface area contributed by atoms with Gasteiger partial charge in [-0.2, -0.15) is 0 Å². The average Bonchev–Trinajstić information content (AvgIpc) is 2.41. The van der Waals surface area contributed by atoms with E-state index in [-0.39, 0.29) is 5.91 Å². The van der Waals surface area contributed by atoms with Crippen LogP contribution in [0.2, 0.25) is 0 Å². The molecule has 0 bridgehead atoms. The molecule has 0 unspecified atom stereocenters. The summed E-state index contributed by atoms with van der Waals surface area (Å²) >= 11 is 0. The lowest BCUT2D eigenvalue weighted by Gasteiger charge is -2.19. The van der Waals surface area contributed by atoms with Crippen LogP contribution in [0.25, 0.3) is 0 Å². The Labute approximate surface area is 133 Å². The molecule has 0 heterocycles. The summed E-state index contributed by atoms with van der Waals surface area (Å²) in [5, 5.41) is 2.78. The van der Waals surface area contributed by atoms with Crippen molar-refractivity contribution in [3.63, 3.8) is 0 Å². The molecule has 0 radical (unpaired) electrons. The van der Waals surface area contributed by atoms with Gasteiger partial charge in [-0.25, -0.2) is 12.7 Å². The van der Waals surface area contributed by atoms with Crippen LogP contribution >= 0.6 is 0 Å². The lowest BCUT2D eigenvalue weighted by Crippen LogP contribution is -2.39. The number of nitrogens with zero attached hydrogens (tertiary/aromatic N) is 1. The summed E-state index contributed by atoms with van der Waals surface area (Å²) in [6, 6.07) is 7.80. The van der Waals surface area contributed by atoms with Gasteiger partial charge < -0.3 is 5.32 Å². The van der Waals surface area contributed by atoms with E-state index >= 15 is 0 Å². The molecule has 0 aliphatic rings. The molecular formula is C16H26N2O3S. The van der Waals surface area contributed by atoms with Gasteiger partial charge in [0.25, 0.3) is 0 Å². The van der Waals surface area contributed by atoms with Crippen LogP contribution < -0.4 is 5.32 Å². The Morgan fingerprint density at radius 1 is 1.27 bits per heavy atom. The van der Waals surface area contributed by atoms with Crippen LogP contribution in [0.5, 0.6) is 0 Å². The SMILES string of the molecule is CCCCN(CCNC(=O)Cc1cccc(C)c1)S(C)(=O)=O. The minimum absolute atomic E-state index is 0.0884. The van der Waals surface area contributed by atoms with Crippen LogP contribution in [0.3, 0.4) is 0 Å². The number of amides is 1. The Balaban J connectivity index is 2.42. The van der Waals surface area contributed by atoms with Gasteiger partial charge in [0.15, 0.2) is 0 Å². The van der Waals surface area contributed by atoms with E-state index in [1.54, 1.807) is 0 Å². The lowest BCUT2D eigenvalue weighted by molar-refractivity contribution is -0.120. The van der Waals surface area contributed by atoms with Crippen LogP contribution in [0.4, 0.5) is 0 Å². The number of unbranched alkanes of at least 4 members (excludes halogenated alkanes) is 1. The van der Waals surface area contributed by atoms with Crippen molar-refractivity contribution in [3.8, 4) is 0 Å². The summed E-state index contributed by atoms with van der Waals surface area (Å²) in [4.78, 5) is 11.9. The average molecular weight is 326 g/mol. The van der Waals surface area contributed by atoms with Crippen LogP contribution in [-0.4, -0.2) is 44.5 Å². The van der Waals surface area contributed by atoms with Crippen molar-refractivity contribution in [2.75, 3.05) is 25.9 Å². The van der Waals surface area contributed by atoms with Gasteiger partial charge in [-0.05, 0) is 18.9 Å². The maximum absolute atomic E-state index is 11.9. The van der Waals surface area contributed by atoms with E-state index in [1.807, 2.05) is 38.1 Å². The van der Waals surface area contributed by atoms with Crippen LogP contribution in [0.1, 0.15) is 30.9 Å². The summed E-state index contributed by atoms with van der Waals surface area (Å²) in [7, 11) is -3.22. The van der Waals surface area contributed by atoms with Crippen LogP contribution in [0.15, 0.2) is 24.3 Å². The number of sulfonamides is 1. The standard InChI is InChI=1S/C16H26N2O3S/c1-4-5-10-18(22(3,20)21)11-9-17-16(19)13-15-8-6-7-14(2)12-15/h6-8,12H,4-5,9-11,13H2,1-3H3,(H,17,19). The van der Waals surface area contributed by atoms with Gasteiger partial charge in [0.1, 0.15) is 0 Å². The fourth-order valence-electron chi connectivity index (χ4n) is 2.17. The molecule has 0 fully saturated rings. The van der Waals surface area contributed by atoms with Gasteiger partial charge >= 0.3 is 0 Å². The van der Waals surface area contributed by atoms with Crippen molar-refractivity contribution in [2.45, 2.75) is 33.1 Å². The van der Waals surface area contributed by atoms with Gasteiger partial charge in [0.2, 0.25) is 15.9 Å². The van der Waals surface area contributed by atoms with Crippen molar-refractivity contribution in [1.82, 2.24) is 9.62 Å². The van der Waals surface area contributed by atoms with E-state index < -0.39 is 10.0 Å². The minimum atomic E-state index is -3.22. The van der Waals surface area contributed by atoms with Gasteiger partial charge in [-0.3, -0.25) is 4.79 Å². The van der Waals surface area contributed by atoms with Gasteiger partial charge in [-0.15, -0.1) is 0 Å². The highest BCUT2D eigenvalue weighted by Crippen LogP contribution is 2.05. The third kappa shape index (κ3) is 7.04. The first-order chi connectivity index (χ1) is 10.3. The molecule has 1 rings (SSSR count). The Hall–Kier alpha value is -1.40. The topological polar surface area (TPSA) is 66.5 Å². The van der Waals surface area contributed by atoms with Gasteiger partial charge in [-0.1, -0.05) is 43.2 Å². The molecule has 1 aromatic carbocycles. The van der Waals surface area contributed by atoms with E-state index in [0.29, 0.717) is 26.1 Å². The Kier molecular flexibility index (Phi) is 7.55. The summed E-state index contributed by atoms with van der Waals surface area (Å²) in [5.41, 5.74) is 2.08. The molecule has 0 saturated heterocycles. The van der Waals surface area contributed by atoms with Crippen molar-refractivity contribution in [2.24, 2.45) is 0 Å². The summed E-state index contributed by atoms with van der Waals surface area (Å²) in [5.74, 6) is -0.0884. The van der Waals surface area contributed by atoms with E-state index in [0.717, 1.165) is 24.0 Å². The quantitative estimate of drug-likeness (QED) is 0.751. The summed E-state index contributed by atoms with van der Waals surface area (Å²) in [6.45, 7) is 5.16. The predicted molar refractivity (Wildman–Crippen MR) is 89.2 cm³/mol. The zero-order valence-corrected chi connectivity index (χ0v) is 14.4. The first-order valence-corrected chi connectivity index (χ1v) is 9.45. The number of carbonyl (C=O) groups excluding carboxylic acids is 1. The van der Waals surface area contributed by atoms with Crippen molar-refractivity contribution >= 4 is 15.9 Å². The maximum Gasteiger partial charge on any atom is 0.224 e. The molecule has 0 aliphatic heterocycles. The highest BCUT2D eigenvalue weighted by Gasteiger charge is 2.15. The van der Waals surface area contributed by atoms with Crippen molar-refractivity contribution < 1.29 is 13.2 Å². The molecule has 0 aromatic heterocycles. The molecule has 0 aliphatic carbocycles. The second kappa shape index (κ2) is 8.90. The lowest BCUT2D eigenvalue weighted by atomic mass is 10.1.